The lowest BCUT2D eigenvalue weighted by Gasteiger charge is -2.28. The lowest BCUT2D eigenvalue weighted by molar-refractivity contribution is 0.239. The molecule has 1 unspecified atom stereocenters. The summed E-state index contributed by atoms with van der Waals surface area (Å²) >= 11 is 0. The largest absolute Gasteiger partial charge is 0.396 e. The van der Waals surface area contributed by atoms with Crippen LogP contribution in [0.1, 0.15) is 39.0 Å². The van der Waals surface area contributed by atoms with Gasteiger partial charge in [-0.2, -0.15) is 0 Å². The molecule has 0 amide bonds. The molecule has 1 aliphatic carbocycles. The van der Waals surface area contributed by atoms with E-state index in [1.54, 1.807) is 0 Å². The van der Waals surface area contributed by atoms with Crippen molar-refractivity contribution < 1.29 is 5.11 Å². The van der Waals surface area contributed by atoms with E-state index in [0.717, 1.165) is 19.0 Å². The molecule has 12 heavy (non-hydrogen) atoms. The predicted octanol–water partition coefficient (Wildman–Crippen LogP) is 1.54. The molecule has 1 rings (SSSR count). The van der Waals surface area contributed by atoms with E-state index >= 15 is 0 Å². The summed E-state index contributed by atoms with van der Waals surface area (Å²) in [5, 5.41) is 12.3. The first-order valence-electron chi connectivity index (χ1n) is 5.21. The van der Waals surface area contributed by atoms with Gasteiger partial charge in [-0.15, -0.1) is 0 Å². The zero-order valence-corrected chi connectivity index (χ0v) is 8.05. The van der Waals surface area contributed by atoms with Gasteiger partial charge in [-0.05, 0) is 31.7 Å². The second-order valence-corrected chi connectivity index (χ2v) is 3.82. The van der Waals surface area contributed by atoms with Crippen molar-refractivity contribution in [2.45, 2.75) is 45.1 Å². The van der Waals surface area contributed by atoms with Gasteiger partial charge in [-0.1, -0.05) is 19.8 Å². The monoisotopic (exact) mass is 171 g/mol. The fraction of sp³-hybridized carbons (Fsp3) is 1.00. The van der Waals surface area contributed by atoms with Crippen LogP contribution in [0, 0.1) is 5.92 Å². The van der Waals surface area contributed by atoms with Gasteiger partial charge in [0.05, 0.1) is 0 Å². The molecular weight excluding hydrogens is 150 g/mol. The summed E-state index contributed by atoms with van der Waals surface area (Å²) in [5.74, 6) is 0.676. The molecule has 1 atom stereocenters. The van der Waals surface area contributed by atoms with E-state index in [4.69, 9.17) is 5.11 Å². The van der Waals surface area contributed by atoms with Crippen LogP contribution in [0.4, 0.5) is 0 Å². The highest BCUT2D eigenvalue weighted by Gasteiger charge is 2.17. The predicted molar refractivity (Wildman–Crippen MR) is 51.1 cm³/mol. The maximum Gasteiger partial charge on any atom is 0.0434 e. The Balaban J connectivity index is 2.01. The Labute approximate surface area is 75.4 Å². The summed E-state index contributed by atoms with van der Waals surface area (Å²) < 4.78 is 0. The number of aliphatic hydroxyl groups excluding tert-OH is 1. The van der Waals surface area contributed by atoms with Gasteiger partial charge in [0.1, 0.15) is 0 Å². The van der Waals surface area contributed by atoms with Crippen LogP contribution in [-0.4, -0.2) is 24.3 Å². The van der Waals surface area contributed by atoms with Gasteiger partial charge in [-0.3, -0.25) is 0 Å². The second-order valence-electron chi connectivity index (χ2n) is 3.82. The molecule has 72 valence electrons. The summed E-state index contributed by atoms with van der Waals surface area (Å²) in [7, 11) is 0. The molecule has 1 fully saturated rings. The molecule has 0 aromatic heterocycles. The Kier molecular flexibility index (Phi) is 4.62. The standard InChI is InChI=1S/C10H21NO/c1-2-9(6-7-12)8-11-10-4-3-5-10/h9-12H,2-8H2,1H3. The van der Waals surface area contributed by atoms with E-state index in [1.165, 1.54) is 25.7 Å². The van der Waals surface area contributed by atoms with Crippen molar-refractivity contribution in [3.05, 3.63) is 0 Å². The Morgan fingerprint density at radius 2 is 2.25 bits per heavy atom. The molecule has 1 saturated carbocycles. The first kappa shape index (κ1) is 10.0. The van der Waals surface area contributed by atoms with Gasteiger partial charge in [0, 0.05) is 12.6 Å². The maximum absolute atomic E-state index is 8.78. The minimum Gasteiger partial charge on any atom is -0.396 e. The summed E-state index contributed by atoms with van der Waals surface area (Å²) in [6.07, 6.45) is 6.25. The number of hydrogen-bond acceptors (Lipinski definition) is 2. The third-order valence-electron chi connectivity index (χ3n) is 2.92. The quantitative estimate of drug-likeness (QED) is 0.635. The molecule has 0 saturated heterocycles. The lowest BCUT2D eigenvalue weighted by Crippen LogP contribution is -2.38. The highest BCUT2D eigenvalue weighted by molar-refractivity contribution is 4.77. The van der Waals surface area contributed by atoms with E-state index < -0.39 is 0 Å². The number of nitrogens with one attached hydrogen (secondary N) is 1. The van der Waals surface area contributed by atoms with E-state index in [0.29, 0.717) is 12.5 Å². The molecule has 0 heterocycles. The zero-order valence-electron chi connectivity index (χ0n) is 8.05. The van der Waals surface area contributed by atoms with Crippen LogP contribution in [-0.2, 0) is 0 Å². The van der Waals surface area contributed by atoms with Crippen molar-refractivity contribution in [2.75, 3.05) is 13.2 Å². The molecule has 2 N–H and O–H groups in total. The van der Waals surface area contributed by atoms with Gasteiger partial charge >= 0.3 is 0 Å². The minimum atomic E-state index is 0.338. The maximum atomic E-state index is 8.78. The van der Waals surface area contributed by atoms with Gasteiger partial charge in [0.2, 0.25) is 0 Å². The highest BCUT2D eigenvalue weighted by Crippen LogP contribution is 2.18. The van der Waals surface area contributed by atoms with Crippen molar-refractivity contribution in [3.63, 3.8) is 0 Å². The molecule has 0 aromatic rings. The molecule has 2 nitrogen and oxygen atoms in total. The number of aliphatic hydroxyl groups is 1. The van der Waals surface area contributed by atoms with E-state index in [9.17, 15) is 0 Å². The van der Waals surface area contributed by atoms with Crippen molar-refractivity contribution in [1.82, 2.24) is 5.32 Å². The van der Waals surface area contributed by atoms with Gasteiger partial charge < -0.3 is 10.4 Å². The molecule has 0 bridgehead atoms. The lowest BCUT2D eigenvalue weighted by atomic mass is 9.92. The molecule has 1 aliphatic rings. The van der Waals surface area contributed by atoms with Crippen LogP contribution in [0.2, 0.25) is 0 Å². The average Bonchev–Trinajstić information content (AvgIpc) is 2.00. The van der Waals surface area contributed by atoms with E-state index in [2.05, 4.69) is 12.2 Å². The van der Waals surface area contributed by atoms with Crippen LogP contribution in [0.25, 0.3) is 0 Å². The van der Waals surface area contributed by atoms with Gasteiger partial charge in [0.25, 0.3) is 0 Å². The topological polar surface area (TPSA) is 32.3 Å². The molecule has 2 heteroatoms. The van der Waals surface area contributed by atoms with Crippen molar-refractivity contribution in [3.8, 4) is 0 Å². The number of rotatable bonds is 6. The van der Waals surface area contributed by atoms with Crippen LogP contribution in [0.5, 0.6) is 0 Å². The summed E-state index contributed by atoms with van der Waals surface area (Å²) in [4.78, 5) is 0. The fourth-order valence-electron chi connectivity index (χ4n) is 1.58. The summed E-state index contributed by atoms with van der Waals surface area (Å²) in [6, 6.07) is 0.790. The highest BCUT2D eigenvalue weighted by atomic mass is 16.3. The first-order valence-corrected chi connectivity index (χ1v) is 5.21. The zero-order chi connectivity index (χ0) is 8.81. The van der Waals surface area contributed by atoms with Gasteiger partial charge in [0.15, 0.2) is 0 Å². The Morgan fingerprint density at radius 1 is 1.50 bits per heavy atom. The van der Waals surface area contributed by atoms with Gasteiger partial charge in [-0.25, -0.2) is 0 Å². The first-order chi connectivity index (χ1) is 5.86. The average molecular weight is 171 g/mol. The van der Waals surface area contributed by atoms with Crippen LogP contribution >= 0.6 is 0 Å². The van der Waals surface area contributed by atoms with Crippen LogP contribution in [0.15, 0.2) is 0 Å². The van der Waals surface area contributed by atoms with Crippen LogP contribution < -0.4 is 5.32 Å². The molecule has 0 aliphatic heterocycles. The Morgan fingerprint density at radius 3 is 2.67 bits per heavy atom. The van der Waals surface area contributed by atoms with Crippen LogP contribution in [0.3, 0.4) is 0 Å². The van der Waals surface area contributed by atoms with Crippen molar-refractivity contribution in [1.29, 1.82) is 0 Å². The fourth-order valence-corrected chi connectivity index (χ4v) is 1.58. The van der Waals surface area contributed by atoms with Crippen molar-refractivity contribution in [2.24, 2.45) is 5.92 Å². The molecule has 0 spiro atoms. The number of hydrogen-bond donors (Lipinski definition) is 2. The third kappa shape index (κ3) is 3.11. The van der Waals surface area contributed by atoms with E-state index in [-0.39, 0.29) is 0 Å². The molecule has 0 aromatic carbocycles. The molecular formula is C10H21NO. The Hall–Kier alpha value is -0.0800. The Bertz CT molecular complexity index is 112. The summed E-state index contributed by atoms with van der Waals surface area (Å²) in [5.41, 5.74) is 0. The molecule has 0 radical (unpaired) electrons. The van der Waals surface area contributed by atoms with E-state index in [1.807, 2.05) is 0 Å². The third-order valence-corrected chi connectivity index (χ3v) is 2.92. The summed E-state index contributed by atoms with van der Waals surface area (Å²) in [6.45, 7) is 3.63. The van der Waals surface area contributed by atoms with Crippen molar-refractivity contribution >= 4 is 0 Å². The normalized spacial score (nSPS) is 20.5. The SMILES string of the molecule is CCC(CCO)CNC1CCC1. The smallest absolute Gasteiger partial charge is 0.0434 e. The second kappa shape index (κ2) is 5.55. The minimum absolute atomic E-state index is 0.338.